The van der Waals surface area contributed by atoms with E-state index in [1.807, 2.05) is 18.2 Å². The van der Waals surface area contributed by atoms with Crippen LogP contribution in [0.15, 0.2) is 69.1 Å². The predicted molar refractivity (Wildman–Crippen MR) is 80.9 cm³/mol. The normalized spacial score (nSPS) is 12.2. The molecule has 0 spiro atoms. The Labute approximate surface area is 121 Å². The number of nitrogens with two attached hydrogens (primary N) is 1. The molecule has 7 heteroatoms. The van der Waals surface area contributed by atoms with Crippen LogP contribution >= 0.6 is 0 Å². The van der Waals surface area contributed by atoms with Crippen molar-refractivity contribution in [3.63, 3.8) is 0 Å². The molecule has 0 aliphatic carbocycles. The Morgan fingerprint density at radius 2 is 1.52 bits per heavy atom. The summed E-state index contributed by atoms with van der Waals surface area (Å²) in [5.74, 6) is 0.749. The summed E-state index contributed by atoms with van der Waals surface area (Å²) in [5.41, 5.74) is 5.82. The third-order valence-electron chi connectivity index (χ3n) is 3.01. The second-order valence-corrected chi connectivity index (χ2v) is 5.99. The van der Waals surface area contributed by atoms with Crippen molar-refractivity contribution in [3.8, 4) is 0 Å². The highest BCUT2D eigenvalue weighted by Crippen LogP contribution is 2.30. The Morgan fingerprint density at radius 1 is 0.905 bits per heavy atom. The number of sulfonamides is 1. The molecule has 3 rings (SSSR count). The first-order valence-electron chi connectivity index (χ1n) is 6.17. The maximum atomic E-state index is 12.0. The number of nitrogens with one attached hydrogen (secondary N) is 1. The Bertz CT molecular complexity index is 915. The Kier molecular flexibility index (Phi) is 3.19. The van der Waals surface area contributed by atoms with E-state index in [0.717, 1.165) is 10.8 Å². The largest absolute Gasteiger partial charge is 0.385 e. The van der Waals surface area contributed by atoms with Crippen molar-refractivity contribution < 1.29 is 8.42 Å². The molecule has 0 saturated carbocycles. The van der Waals surface area contributed by atoms with E-state index in [1.165, 1.54) is 12.1 Å². The molecular weight excluding hydrogens is 288 g/mol. The first-order chi connectivity index (χ1) is 10.1. The van der Waals surface area contributed by atoms with E-state index in [4.69, 9.17) is 5.73 Å². The number of nitrogens with zero attached hydrogens (tertiary/aromatic N) is 2. The van der Waals surface area contributed by atoms with Crippen LogP contribution in [0, 0.1) is 0 Å². The topological polar surface area (TPSA) is 101 Å². The number of aromatic nitrogens is 1. The summed E-state index contributed by atoms with van der Waals surface area (Å²) in [7, 11) is -3.82. The van der Waals surface area contributed by atoms with E-state index in [-0.39, 0.29) is 4.90 Å². The number of fused-ring (bicyclic) bond motifs is 1. The zero-order chi connectivity index (χ0) is 14.9. The summed E-state index contributed by atoms with van der Waals surface area (Å²) in [6.45, 7) is 0. The minimum atomic E-state index is -3.82. The van der Waals surface area contributed by atoms with Crippen LogP contribution in [0.4, 0.5) is 11.6 Å². The molecule has 106 valence electrons. The van der Waals surface area contributed by atoms with Gasteiger partial charge in [-0.05, 0) is 12.1 Å². The second-order valence-electron chi connectivity index (χ2n) is 4.40. The number of H-pyrrole nitrogens is 1. The third kappa shape index (κ3) is 2.50. The van der Waals surface area contributed by atoms with Gasteiger partial charge in [0.25, 0.3) is 10.0 Å². The monoisotopic (exact) mass is 300 g/mol. The molecule has 6 nitrogen and oxygen atoms in total. The molecular formula is C14H12N4O2S. The van der Waals surface area contributed by atoms with E-state index in [9.17, 15) is 8.42 Å². The molecule has 0 aliphatic rings. The molecule has 1 aromatic heterocycles. The van der Waals surface area contributed by atoms with Gasteiger partial charge in [0.1, 0.15) is 5.82 Å². The van der Waals surface area contributed by atoms with Crippen molar-refractivity contribution >= 4 is 32.4 Å². The average Bonchev–Trinajstić information content (AvgIpc) is 2.83. The summed E-state index contributed by atoms with van der Waals surface area (Å²) in [5, 5.41) is 5.31. The van der Waals surface area contributed by atoms with Crippen LogP contribution in [0.5, 0.6) is 0 Å². The van der Waals surface area contributed by atoms with Crippen LogP contribution in [0.3, 0.4) is 0 Å². The van der Waals surface area contributed by atoms with Gasteiger partial charge in [0.15, 0.2) is 5.82 Å². The van der Waals surface area contributed by atoms with E-state index < -0.39 is 10.0 Å². The third-order valence-corrected chi connectivity index (χ3v) is 4.18. The highest BCUT2D eigenvalue weighted by molar-refractivity contribution is 7.90. The van der Waals surface area contributed by atoms with E-state index in [0.29, 0.717) is 11.6 Å². The van der Waals surface area contributed by atoms with Crippen LogP contribution in [0.25, 0.3) is 10.8 Å². The van der Waals surface area contributed by atoms with Crippen molar-refractivity contribution in [2.45, 2.75) is 4.90 Å². The maximum absolute atomic E-state index is 12.0. The standard InChI is InChI=1S/C14H12N4O2S/c15-13-11-8-4-5-9-12(11)14(16-13)17-18-21(19,20)10-6-2-1-3-7-10/h1-9,16H,15H2/b18-17+. The molecule has 0 atom stereocenters. The number of aromatic amines is 1. The molecule has 0 bridgehead atoms. The van der Waals surface area contributed by atoms with E-state index in [1.54, 1.807) is 24.3 Å². The minimum absolute atomic E-state index is 0.0950. The van der Waals surface area contributed by atoms with Crippen LogP contribution in [-0.4, -0.2) is 13.4 Å². The molecule has 3 N–H and O–H groups in total. The lowest BCUT2D eigenvalue weighted by Crippen LogP contribution is -1.94. The molecule has 0 saturated heterocycles. The maximum Gasteiger partial charge on any atom is 0.299 e. The number of nitrogen functional groups attached to an aromatic ring is 1. The van der Waals surface area contributed by atoms with Gasteiger partial charge >= 0.3 is 0 Å². The molecule has 0 radical (unpaired) electrons. The van der Waals surface area contributed by atoms with Gasteiger partial charge in [-0.15, -0.1) is 5.11 Å². The Hall–Kier alpha value is -2.67. The number of rotatable bonds is 3. The molecule has 0 amide bonds. The zero-order valence-electron chi connectivity index (χ0n) is 10.9. The summed E-state index contributed by atoms with van der Waals surface area (Å²) in [6.07, 6.45) is 0. The summed E-state index contributed by atoms with van der Waals surface area (Å²) in [4.78, 5) is 2.92. The van der Waals surface area contributed by atoms with Crippen LogP contribution in [-0.2, 0) is 10.0 Å². The number of anilines is 1. The smallest absolute Gasteiger partial charge is 0.299 e. The van der Waals surface area contributed by atoms with Crippen LogP contribution in [0.1, 0.15) is 0 Å². The van der Waals surface area contributed by atoms with Crippen LogP contribution < -0.4 is 5.73 Å². The number of hydrogen-bond acceptors (Lipinski definition) is 4. The van der Waals surface area contributed by atoms with Gasteiger partial charge < -0.3 is 10.7 Å². The van der Waals surface area contributed by atoms with Gasteiger partial charge in [0.2, 0.25) is 0 Å². The highest BCUT2D eigenvalue weighted by Gasteiger charge is 2.13. The molecule has 0 aliphatic heterocycles. The summed E-state index contributed by atoms with van der Waals surface area (Å²) in [6, 6.07) is 15.2. The number of hydrogen-bond donors (Lipinski definition) is 2. The first kappa shape index (κ1) is 13.3. The van der Waals surface area contributed by atoms with Gasteiger partial charge in [-0.25, -0.2) is 0 Å². The fourth-order valence-electron chi connectivity index (χ4n) is 2.00. The SMILES string of the molecule is Nc1[nH]c(/N=N/S(=O)(=O)c2ccccc2)c2ccccc12. The lowest BCUT2D eigenvalue weighted by molar-refractivity contribution is 0.595. The van der Waals surface area contributed by atoms with Crippen molar-refractivity contribution in [1.29, 1.82) is 0 Å². The fourth-order valence-corrected chi connectivity index (χ4v) is 2.78. The van der Waals surface area contributed by atoms with E-state index in [2.05, 4.69) is 14.6 Å². The highest BCUT2D eigenvalue weighted by atomic mass is 32.2. The van der Waals surface area contributed by atoms with Crippen molar-refractivity contribution in [2.75, 3.05) is 5.73 Å². The predicted octanol–water partition coefficient (Wildman–Crippen LogP) is 3.22. The molecule has 1 heterocycles. The van der Waals surface area contributed by atoms with Gasteiger partial charge in [0.05, 0.1) is 4.90 Å². The summed E-state index contributed by atoms with van der Waals surface area (Å²) >= 11 is 0. The molecule has 3 aromatic rings. The van der Waals surface area contributed by atoms with Crippen LogP contribution in [0.2, 0.25) is 0 Å². The lowest BCUT2D eigenvalue weighted by Gasteiger charge is -1.95. The van der Waals surface area contributed by atoms with Gasteiger partial charge in [-0.2, -0.15) is 8.42 Å². The second kappa shape index (κ2) is 5.02. The average molecular weight is 300 g/mol. The molecule has 21 heavy (non-hydrogen) atoms. The van der Waals surface area contributed by atoms with Gasteiger partial charge in [-0.3, -0.25) is 0 Å². The Morgan fingerprint density at radius 3 is 2.24 bits per heavy atom. The minimum Gasteiger partial charge on any atom is -0.385 e. The molecule has 0 fully saturated rings. The molecule has 0 unspecified atom stereocenters. The Balaban J connectivity index is 2.03. The fraction of sp³-hybridized carbons (Fsp3) is 0. The van der Waals surface area contributed by atoms with Crippen molar-refractivity contribution in [2.24, 2.45) is 9.63 Å². The van der Waals surface area contributed by atoms with Gasteiger partial charge in [-0.1, -0.05) is 47.0 Å². The lowest BCUT2D eigenvalue weighted by atomic mass is 10.2. The van der Waals surface area contributed by atoms with Crippen molar-refractivity contribution in [3.05, 3.63) is 54.6 Å². The van der Waals surface area contributed by atoms with E-state index >= 15 is 0 Å². The first-order valence-corrected chi connectivity index (χ1v) is 7.61. The summed E-state index contributed by atoms with van der Waals surface area (Å²) < 4.78 is 27.6. The quantitative estimate of drug-likeness (QED) is 0.726. The zero-order valence-corrected chi connectivity index (χ0v) is 11.7. The number of benzene rings is 2. The van der Waals surface area contributed by atoms with Crippen molar-refractivity contribution in [1.82, 2.24) is 4.98 Å². The van der Waals surface area contributed by atoms with Gasteiger partial charge in [0, 0.05) is 10.8 Å². The molecule has 2 aromatic carbocycles.